The zero-order valence-corrected chi connectivity index (χ0v) is 19.3. The minimum Gasteiger partial charge on any atom is -0.494 e. The number of alkyl halides is 2. The second-order valence-electron chi connectivity index (χ2n) is 7.75. The van der Waals surface area contributed by atoms with Crippen LogP contribution in [-0.2, 0) is 4.79 Å². The number of rotatable bonds is 6. The van der Waals surface area contributed by atoms with Crippen molar-refractivity contribution in [2.75, 3.05) is 19.0 Å². The van der Waals surface area contributed by atoms with E-state index in [2.05, 4.69) is 42.8 Å². The molecule has 9 nitrogen and oxygen atoms in total. The quantitative estimate of drug-likeness (QED) is 0.505. The largest absolute Gasteiger partial charge is 0.494 e. The van der Waals surface area contributed by atoms with Crippen molar-refractivity contribution in [2.24, 2.45) is 5.92 Å². The number of aromatic nitrogens is 5. The van der Waals surface area contributed by atoms with Crippen molar-refractivity contribution in [3.05, 3.63) is 58.6 Å². The smallest absolute Gasteiger partial charge is 0.280 e. The fourth-order valence-electron chi connectivity index (χ4n) is 3.39. The second-order valence-corrected chi connectivity index (χ2v) is 8.72. The summed E-state index contributed by atoms with van der Waals surface area (Å²) in [6.45, 7) is 0.107. The predicted molar refractivity (Wildman–Crippen MR) is 125 cm³/mol. The number of hydrogen-bond acceptors (Lipinski definition) is 8. The number of hydrogen-bond donors (Lipinski definition) is 2. The SMILES string of the molecule is COc1cnc(C(F)F)cc1C1=C(C(=O)Nc2nnc(C#CC3CC3)s2)CNC(n2cccn2)=C1. The van der Waals surface area contributed by atoms with Gasteiger partial charge in [0, 0.05) is 36.0 Å². The number of methoxy groups -OCH3 is 1. The Morgan fingerprint density at radius 1 is 1.37 bits per heavy atom. The summed E-state index contributed by atoms with van der Waals surface area (Å²) in [7, 11) is 1.41. The van der Waals surface area contributed by atoms with Crippen molar-refractivity contribution in [3.8, 4) is 17.6 Å². The summed E-state index contributed by atoms with van der Waals surface area (Å²) < 4.78 is 33.8. The number of carbonyl (C=O) groups excluding carboxylic acids is 1. The first-order valence-electron chi connectivity index (χ1n) is 10.7. The van der Waals surface area contributed by atoms with Gasteiger partial charge in [0.05, 0.1) is 13.3 Å². The Balaban J connectivity index is 1.53. The lowest BCUT2D eigenvalue weighted by atomic mass is 9.96. The van der Waals surface area contributed by atoms with E-state index in [9.17, 15) is 13.6 Å². The third-order valence-corrected chi connectivity index (χ3v) is 6.06. The van der Waals surface area contributed by atoms with Crippen LogP contribution in [0.4, 0.5) is 13.9 Å². The van der Waals surface area contributed by atoms with E-state index in [1.54, 1.807) is 29.2 Å². The van der Waals surface area contributed by atoms with Crippen LogP contribution in [0.2, 0.25) is 0 Å². The molecule has 2 aliphatic rings. The van der Waals surface area contributed by atoms with E-state index >= 15 is 0 Å². The van der Waals surface area contributed by atoms with Crippen molar-refractivity contribution in [1.29, 1.82) is 0 Å². The average Bonchev–Trinajstić information content (AvgIpc) is 3.33. The first kappa shape index (κ1) is 22.7. The Bertz CT molecular complexity index is 1380. The lowest BCUT2D eigenvalue weighted by Crippen LogP contribution is -2.30. The topological polar surface area (TPSA) is 107 Å². The minimum atomic E-state index is -2.79. The van der Waals surface area contributed by atoms with E-state index in [4.69, 9.17) is 4.74 Å². The van der Waals surface area contributed by atoms with Crippen LogP contribution < -0.4 is 15.4 Å². The third kappa shape index (κ3) is 5.04. The number of nitrogens with one attached hydrogen (secondary N) is 2. The Hall–Kier alpha value is -4.11. The van der Waals surface area contributed by atoms with Gasteiger partial charge in [0.25, 0.3) is 12.3 Å². The Morgan fingerprint density at radius 3 is 2.94 bits per heavy atom. The summed E-state index contributed by atoms with van der Waals surface area (Å²) in [6.07, 6.45) is 5.61. The fourth-order valence-corrected chi connectivity index (χ4v) is 3.99. The van der Waals surface area contributed by atoms with E-state index in [0.717, 1.165) is 12.8 Å². The summed E-state index contributed by atoms with van der Waals surface area (Å²) in [5.74, 6) is 6.85. The molecular weight excluding hydrogens is 476 g/mol. The van der Waals surface area contributed by atoms with Crippen LogP contribution in [0.3, 0.4) is 0 Å². The standard InChI is InChI=1S/C23H19F2N7O2S/c1-34-18-12-26-17(21(24)25)9-15(18)14-10-19(32-8-2-7-28-32)27-11-16(14)22(33)29-23-31-30-20(35-23)6-5-13-3-4-13/h2,7-10,12-13,21,27H,3-4,11H2,1H3,(H,29,31,33). The van der Waals surface area contributed by atoms with E-state index in [1.807, 2.05) is 0 Å². The van der Waals surface area contributed by atoms with Crippen LogP contribution in [0.1, 0.15) is 35.5 Å². The van der Waals surface area contributed by atoms with Gasteiger partial charge in [-0.3, -0.25) is 15.1 Å². The highest BCUT2D eigenvalue weighted by molar-refractivity contribution is 7.15. The number of amides is 1. The average molecular weight is 496 g/mol. The van der Waals surface area contributed by atoms with Gasteiger partial charge in [-0.1, -0.05) is 17.3 Å². The van der Waals surface area contributed by atoms with Gasteiger partial charge in [-0.25, -0.2) is 13.5 Å². The van der Waals surface area contributed by atoms with Crippen LogP contribution in [0.15, 0.2) is 42.4 Å². The molecule has 0 aromatic carbocycles. The summed E-state index contributed by atoms with van der Waals surface area (Å²) in [5.41, 5.74) is 0.573. The molecule has 0 radical (unpaired) electrons. The number of allylic oxidation sites excluding steroid dienone is 2. The van der Waals surface area contributed by atoms with Crippen molar-refractivity contribution in [2.45, 2.75) is 19.3 Å². The normalized spacial score (nSPS) is 15.3. The first-order valence-corrected chi connectivity index (χ1v) is 11.5. The monoisotopic (exact) mass is 495 g/mol. The Morgan fingerprint density at radius 2 is 2.23 bits per heavy atom. The fraction of sp³-hybridized carbons (Fsp3) is 0.261. The zero-order chi connectivity index (χ0) is 24.4. The molecule has 2 N–H and O–H groups in total. The van der Waals surface area contributed by atoms with Crippen molar-refractivity contribution < 1.29 is 18.3 Å². The second kappa shape index (κ2) is 9.63. The lowest BCUT2D eigenvalue weighted by Gasteiger charge is -2.23. The molecule has 35 heavy (non-hydrogen) atoms. The summed E-state index contributed by atoms with van der Waals surface area (Å²) in [5, 5.41) is 18.9. The summed E-state index contributed by atoms with van der Waals surface area (Å²) in [4.78, 5) is 17.1. The number of carbonyl (C=O) groups is 1. The number of anilines is 1. The van der Waals surface area contributed by atoms with Crippen LogP contribution >= 0.6 is 11.3 Å². The maximum atomic E-state index is 13.4. The molecule has 5 rings (SSSR count). The Labute approximate surface area is 202 Å². The van der Waals surface area contributed by atoms with Crippen LogP contribution in [-0.4, -0.2) is 44.5 Å². The molecule has 1 amide bonds. The van der Waals surface area contributed by atoms with Gasteiger partial charge in [0.1, 0.15) is 17.3 Å². The minimum absolute atomic E-state index is 0.107. The molecular formula is C23H19F2N7O2S. The maximum absolute atomic E-state index is 13.4. The van der Waals surface area contributed by atoms with Crippen molar-refractivity contribution in [3.63, 3.8) is 0 Å². The molecule has 0 atom stereocenters. The van der Waals surface area contributed by atoms with Crippen LogP contribution in [0.5, 0.6) is 5.75 Å². The van der Waals surface area contributed by atoms with Gasteiger partial charge in [-0.05, 0) is 42.5 Å². The van der Waals surface area contributed by atoms with Gasteiger partial charge >= 0.3 is 0 Å². The molecule has 0 bridgehead atoms. The number of ether oxygens (including phenoxy) is 1. The van der Waals surface area contributed by atoms with Gasteiger partial charge in [0.15, 0.2) is 5.01 Å². The molecule has 0 spiro atoms. The predicted octanol–water partition coefficient (Wildman–Crippen LogP) is 3.33. The number of halogens is 2. The molecule has 178 valence electrons. The van der Waals surface area contributed by atoms with Crippen molar-refractivity contribution in [1.82, 2.24) is 30.3 Å². The highest BCUT2D eigenvalue weighted by Gasteiger charge is 2.26. The van der Waals surface area contributed by atoms with E-state index < -0.39 is 18.0 Å². The van der Waals surface area contributed by atoms with Gasteiger partial charge in [-0.15, -0.1) is 10.2 Å². The molecule has 3 aromatic rings. The molecule has 12 heteroatoms. The highest BCUT2D eigenvalue weighted by atomic mass is 32.1. The number of nitrogens with zero attached hydrogens (tertiary/aromatic N) is 5. The summed E-state index contributed by atoms with van der Waals surface area (Å²) >= 11 is 1.17. The van der Waals surface area contributed by atoms with Gasteiger partial charge < -0.3 is 10.1 Å². The van der Waals surface area contributed by atoms with E-state index in [1.165, 1.54) is 30.7 Å². The first-order chi connectivity index (χ1) is 17.0. The molecule has 1 fully saturated rings. The van der Waals surface area contributed by atoms with E-state index in [0.29, 0.717) is 38.6 Å². The molecule has 4 heterocycles. The van der Waals surface area contributed by atoms with Crippen molar-refractivity contribution >= 4 is 33.8 Å². The zero-order valence-electron chi connectivity index (χ0n) is 18.5. The number of pyridine rings is 1. The van der Waals surface area contributed by atoms with E-state index in [-0.39, 0.29) is 12.3 Å². The van der Waals surface area contributed by atoms with Gasteiger partial charge in [-0.2, -0.15) is 5.10 Å². The van der Waals surface area contributed by atoms with Gasteiger partial charge in [0.2, 0.25) is 5.13 Å². The van der Waals surface area contributed by atoms with Crippen LogP contribution in [0, 0.1) is 17.8 Å². The molecule has 1 aliphatic heterocycles. The molecule has 0 unspecified atom stereocenters. The highest BCUT2D eigenvalue weighted by Crippen LogP contribution is 2.34. The molecule has 1 saturated carbocycles. The maximum Gasteiger partial charge on any atom is 0.280 e. The van der Waals surface area contributed by atoms with Crippen LogP contribution in [0.25, 0.3) is 11.4 Å². The lowest BCUT2D eigenvalue weighted by molar-refractivity contribution is -0.112. The molecule has 3 aromatic heterocycles. The summed E-state index contributed by atoms with van der Waals surface area (Å²) in [6, 6.07) is 2.97. The molecule has 0 saturated heterocycles. The third-order valence-electron chi connectivity index (χ3n) is 5.31. The number of dihydropyridines is 1. The Kier molecular flexibility index (Phi) is 6.24. The molecule has 1 aliphatic carbocycles.